The number of nitrogens with one attached hydrogen (secondary N) is 1. The van der Waals surface area contributed by atoms with E-state index in [9.17, 15) is 4.79 Å². The predicted molar refractivity (Wildman–Crippen MR) is 62.2 cm³/mol. The molecule has 0 bridgehead atoms. The fraction of sp³-hybridized carbons (Fsp3) is 0.917. The van der Waals surface area contributed by atoms with Crippen molar-refractivity contribution >= 4 is 5.91 Å². The van der Waals surface area contributed by atoms with Crippen LogP contribution in [0.3, 0.4) is 0 Å². The number of rotatable bonds is 1. The number of amides is 1. The molecule has 0 aromatic carbocycles. The minimum atomic E-state index is -0.206. The largest absolute Gasteiger partial charge is 0.368 e. The number of hydrogen-bond donors (Lipinski definition) is 1. The second kappa shape index (κ2) is 4.72. The maximum absolute atomic E-state index is 12.4. The second-order valence-electron chi connectivity index (χ2n) is 5.16. The molecule has 0 aliphatic carbocycles. The van der Waals surface area contributed by atoms with Crippen LogP contribution in [0.2, 0.25) is 0 Å². The normalized spacial score (nSPS) is 40.1. The van der Waals surface area contributed by atoms with Gasteiger partial charge in [-0.15, -0.1) is 0 Å². The zero-order chi connectivity index (χ0) is 11.7. The monoisotopic (exact) mass is 226 g/mol. The maximum atomic E-state index is 12.4. The molecule has 2 rings (SSSR count). The van der Waals surface area contributed by atoms with Gasteiger partial charge in [-0.3, -0.25) is 4.79 Å². The van der Waals surface area contributed by atoms with E-state index in [4.69, 9.17) is 4.74 Å². The van der Waals surface area contributed by atoms with Gasteiger partial charge in [0.2, 0.25) is 0 Å². The van der Waals surface area contributed by atoms with Crippen molar-refractivity contribution in [3.63, 3.8) is 0 Å². The molecule has 2 fully saturated rings. The van der Waals surface area contributed by atoms with Crippen LogP contribution >= 0.6 is 0 Å². The van der Waals surface area contributed by atoms with E-state index in [0.29, 0.717) is 5.92 Å². The van der Waals surface area contributed by atoms with Crippen LogP contribution in [-0.4, -0.2) is 48.7 Å². The lowest BCUT2D eigenvalue weighted by atomic mass is 10.0. The van der Waals surface area contributed by atoms with E-state index in [2.05, 4.69) is 26.1 Å². The fourth-order valence-corrected chi connectivity index (χ4v) is 2.72. The van der Waals surface area contributed by atoms with E-state index in [1.54, 1.807) is 0 Å². The number of piperazine rings is 1. The first kappa shape index (κ1) is 11.9. The van der Waals surface area contributed by atoms with Gasteiger partial charge in [-0.2, -0.15) is 0 Å². The summed E-state index contributed by atoms with van der Waals surface area (Å²) in [4.78, 5) is 14.4. The molecule has 2 aliphatic rings. The zero-order valence-corrected chi connectivity index (χ0v) is 10.4. The van der Waals surface area contributed by atoms with Gasteiger partial charge in [-0.05, 0) is 26.2 Å². The van der Waals surface area contributed by atoms with Crippen molar-refractivity contribution in [2.45, 2.75) is 45.4 Å². The van der Waals surface area contributed by atoms with Crippen LogP contribution in [0, 0.1) is 5.92 Å². The van der Waals surface area contributed by atoms with Gasteiger partial charge < -0.3 is 15.0 Å². The highest BCUT2D eigenvalue weighted by Crippen LogP contribution is 2.24. The highest BCUT2D eigenvalue weighted by Gasteiger charge is 2.38. The first-order valence-electron chi connectivity index (χ1n) is 6.25. The Labute approximate surface area is 97.3 Å². The predicted octanol–water partition coefficient (Wildman–Crippen LogP) is 0.620. The smallest absolute Gasteiger partial charge is 0.252 e. The molecule has 2 saturated heterocycles. The summed E-state index contributed by atoms with van der Waals surface area (Å²) in [5.41, 5.74) is 0. The number of ether oxygens (including phenoxy) is 1. The molecule has 0 aromatic rings. The van der Waals surface area contributed by atoms with Crippen molar-refractivity contribution < 1.29 is 9.53 Å². The first-order chi connectivity index (χ1) is 7.61. The topological polar surface area (TPSA) is 41.6 Å². The van der Waals surface area contributed by atoms with Gasteiger partial charge in [-0.1, -0.05) is 6.92 Å². The minimum Gasteiger partial charge on any atom is -0.368 e. The van der Waals surface area contributed by atoms with Gasteiger partial charge in [0.1, 0.15) is 6.10 Å². The summed E-state index contributed by atoms with van der Waals surface area (Å²) in [6, 6.07) is 0.542. The third-order valence-corrected chi connectivity index (χ3v) is 3.71. The van der Waals surface area contributed by atoms with Crippen LogP contribution in [0.4, 0.5) is 0 Å². The average Bonchev–Trinajstić information content (AvgIpc) is 2.64. The molecule has 0 radical (unpaired) electrons. The van der Waals surface area contributed by atoms with Gasteiger partial charge >= 0.3 is 0 Å². The molecule has 1 amide bonds. The highest BCUT2D eigenvalue weighted by atomic mass is 16.5. The van der Waals surface area contributed by atoms with Crippen molar-refractivity contribution in [3.8, 4) is 0 Å². The molecule has 1 N–H and O–H groups in total. The molecular formula is C12H22N2O2. The lowest BCUT2D eigenvalue weighted by Gasteiger charge is -2.41. The minimum absolute atomic E-state index is 0.187. The molecule has 0 spiro atoms. The SMILES string of the molecule is CC1CCOC1C(=O)N1C(C)CNCC1C. The van der Waals surface area contributed by atoms with E-state index in [1.165, 1.54) is 0 Å². The lowest BCUT2D eigenvalue weighted by Crippen LogP contribution is -2.59. The van der Waals surface area contributed by atoms with Gasteiger partial charge in [0.15, 0.2) is 0 Å². The molecule has 4 unspecified atom stereocenters. The Morgan fingerprint density at radius 1 is 1.25 bits per heavy atom. The zero-order valence-electron chi connectivity index (χ0n) is 10.4. The van der Waals surface area contributed by atoms with Crippen molar-refractivity contribution in [3.05, 3.63) is 0 Å². The van der Waals surface area contributed by atoms with Crippen molar-refractivity contribution in [1.82, 2.24) is 10.2 Å². The lowest BCUT2D eigenvalue weighted by molar-refractivity contribution is -0.148. The van der Waals surface area contributed by atoms with Crippen molar-refractivity contribution in [2.75, 3.05) is 19.7 Å². The van der Waals surface area contributed by atoms with E-state index in [0.717, 1.165) is 26.1 Å². The van der Waals surface area contributed by atoms with E-state index in [1.807, 2.05) is 4.90 Å². The summed E-state index contributed by atoms with van der Waals surface area (Å²) in [5, 5.41) is 3.34. The maximum Gasteiger partial charge on any atom is 0.252 e. The molecule has 2 aliphatic heterocycles. The highest BCUT2D eigenvalue weighted by molar-refractivity contribution is 5.82. The third-order valence-electron chi connectivity index (χ3n) is 3.71. The third kappa shape index (κ3) is 2.09. The summed E-state index contributed by atoms with van der Waals surface area (Å²) < 4.78 is 5.57. The first-order valence-corrected chi connectivity index (χ1v) is 6.25. The van der Waals surface area contributed by atoms with Crippen molar-refractivity contribution in [2.24, 2.45) is 5.92 Å². The number of nitrogens with zero attached hydrogens (tertiary/aromatic N) is 1. The van der Waals surface area contributed by atoms with E-state index in [-0.39, 0.29) is 24.1 Å². The fourth-order valence-electron chi connectivity index (χ4n) is 2.72. The molecule has 2 heterocycles. The Bertz CT molecular complexity index is 260. The van der Waals surface area contributed by atoms with Gasteiger partial charge in [0.05, 0.1) is 0 Å². The van der Waals surface area contributed by atoms with Crippen molar-refractivity contribution in [1.29, 1.82) is 0 Å². The average molecular weight is 226 g/mol. The molecule has 4 heteroatoms. The Morgan fingerprint density at radius 3 is 2.38 bits per heavy atom. The summed E-state index contributed by atoms with van der Waals surface area (Å²) in [6.07, 6.45) is 0.800. The molecule has 4 atom stereocenters. The molecule has 92 valence electrons. The van der Waals surface area contributed by atoms with Gasteiger partial charge in [0, 0.05) is 31.8 Å². The number of carbonyl (C=O) groups is 1. The molecule has 4 nitrogen and oxygen atoms in total. The number of carbonyl (C=O) groups excluding carboxylic acids is 1. The Hall–Kier alpha value is -0.610. The summed E-state index contributed by atoms with van der Waals surface area (Å²) >= 11 is 0. The van der Waals surface area contributed by atoms with Crippen LogP contribution < -0.4 is 5.32 Å². The second-order valence-corrected chi connectivity index (χ2v) is 5.16. The van der Waals surface area contributed by atoms with E-state index >= 15 is 0 Å². The molecule has 16 heavy (non-hydrogen) atoms. The van der Waals surface area contributed by atoms with Gasteiger partial charge in [-0.25, -0.2) is 0 Å². The molecule has 0 saturated carbocycles. The standard InChI is InChI=1S/C12H22N2O2/c1-8-4-5-16-11(8)12(15)14-9(2)6-13-7-10(14)3/h8-11,13H,4-7H2,1-3H3. The molecular weight excluding hydrogens is 204 g/mol. The number of hydrogen-bond acceptors (Lipinski definition) is 3. The van der Waals surface area contributed by atoms with Crippen LogP contribution in [0.25, 0.3) is 0 Å². The Kier molecular flexibility index (Phi) is 3.50. The van der Waals surface area contributed by atoms with E-state index < -0.39 is 0 Å². The van der Waals surface area contributed by atoms with Gasteiger partial charge in [0.25, 0.3) is 5.91 Å². The summed E-state index contributed by atoms with van der Waals surface area (Å²) in [6.45, 7) is 8.80. The quantitative estimate of drug-likeness (QED) is 0.712. The van der Waals surface area contributed by atoms with Crippen LogP contribution in [0.5, 0.6) is 0 Å². The molecule has 0 aromatic heterocycles. The van der Waals surface area contributed by atoms with Crippen LogP contribution in [-0.2, 0) is 9.53 Å². The Balaban J connectivity index is 2.07. The van der Waals surface area contributed by atoms with Crippen LogP contribution in [0.15, 0.2) is 0 Å². The summed E-state index contributed by atoms with van der Waals surface area (Å²) in [7, 11) is 0. The van der Waals surface area contributed by atoms with Crippen LogP contribution in [0.1, 0.15) is 27.2 Å². The Morgan fingerprint density at radius 2 is 1.88 bits per heavy atom. The summed E-state index contributed by atoms with van der Waals surface area (Å²) in [5.74, 6) is 0.549.